The number of rotatable bonds is 1. The van der Waals surface area contributed by atoms with Gasteiger partial charge in [-0.15, -0.1) is 0 Å². The molecular weight excluding hydrogens is 175 g/mol. The van der Waals surface area contributed by atoms with Gasteiger partial charge in [0, 0.05) is 0 Å². The summed E-state index contributed by atoms with van der Waals surface area (Å²) >= 11 is 0. The molecule has 1 aromatic carbocycles. The molecular formula is C11H15BO2. The fraction of sp³-hybridized carbons (Fsp3) is 0.455. The molecule has 14 heavy (non-hydrogen) atoms. The van der Waals surface area contributed by atoms with Crippen LogP contribution in [-0.2, 0) is 9.31 Å². The molecule has 0 amide bonds. The molecule has 0 atom stereocenters. The van der Waals surface area contributed by atoms with Crippen molar-refractivity contribution in [3.05, 3.63) is 29.8 Å². The zero-order valence-electron chi connectivity index (χ0n) is 8.91. The van der Waals surface area contributed by atoms with Crippen molar-refractivity contribution in [2.75, 3.05) is 6.61 Å². The lowest BCUT2D eigenvalue weighted by molar-refractivity contribution is 0.137. The third-order valence-corrected chi connectivity index (χ3v) is 2.45. The lowest BCUT2D eigenvalue weighted by atomic mass is 9.76. The summed E-state index contributed by atoms with van der Waals surface area (Å²) in [6.45, 7) is 6.83. The normalized spacial score (nSPS) is 20.1. The van der Waals surface area contributed by atoms with E-state index in [0.29, 0.717) is 6.61 Å². The molecule has 1 heterocycles. The fourth-order valence-electron chi connectivity index (χ4n) is 1.64. The first-order chi connectivity index (χ1) is 6.58. The van der Waals surface area contributed by atoms with Gasteiger partial charge in [-0.25, -0.2) is 0 Å². The van der Waals surface area contributed by atoms with E-state index in [9.17, 15) is 0 Å². The lowest BCUT2D eigenvalue weighted by Crippen LogP contribution is -2.35. The third-order valence-electron chi connectivity index (χ3n) is 2.45. The highest BCUT2D eigenvalue weighted by Gasteiger charge is 2.38. The van der Waals surface area contributed by atoms with Crippen LogP contribution in [0.3, 0.4) is 0 Å². The van der Waals surface area contributed by atoms with E-state index in [1.807, 2.05) is 26.0 Å². The van der Waals surface area contributed by atoms with Gasteiger partial charge in [0.05, 0.1) is 12.2 Å². The second-order valence-electron chi connectivity index (χ2n) is 4.38. The van der Waals surface area contributed by atoms with Gasteiger partial charge in [0.15, 0.2) is 0 Å². The summed E-state index contributed by atoms with van der Waals surface area (Å²) in [5.41, 5.74) is 2.20. The van der Waals surface area contributed by atoms with Crippen LogP contribution in [-0.4, -0.2) is 19.3 Å². The van der Waals surface area contributed by atoms with E-state index < -0.39 is 0 Å². The van der Waals surface area contributed by atoms with Crippen LogP contribution in [0, 0.1) is 6.92 Å². The Kier molecular flexibility index (Phi) is 2.37. The molecule has 0 unspecified atom stereocenters. The number of hydrogen-bond acceptors (Lipinski definition) is 2. The Morgan fingerprint density at radius 3 is 2.57 bits per heavy atom. The van der Waals surface area contributed by atoms with E-state index in [2.05, 4.69) is 19.1 Å². The lowest BCUT2D eigenvalue weighted by Gasteiger charge is -2.16. The summed E-state index contributed by atoms with van der Waals surface area (Å²) in [5.74, 6) is 0. The first kappa shape index (κ1) is 9.75. The van der Waals surface area contributed by atoms with E-state index in [1.54, 1.807) is 0 Å². The minimum atomic E-state index is -0.189. The van der Waals surface area contributed by atoms with Gasteiger partial charge in [0.2, 0.25) is 0 Å². The Morgan fingerprint density at radius 2 is 2.00 bits per heavy atom. The van der Waals surface area contributed by atoms with Crippen LogP contribution in [0.4, 0.5) is 0 Å². The molecule has 0 aromatic heterocycles. The Balaban J connectivity index is 2.22. The highest BCUT2D eigenvalue weighted by atomic mass is 16.7. The predicted octanol–water partition coefficient (Wildman–Crippen LogP) is 1.52. The monoisotopic (exact) mass is 190 g/mol. The average Bonchev–Trinajstić information content (AvgIpc) is 2.47. The smallest absolute Gasteiger partial charge is 0.404 e. The Morgan fingerprint density at radius 1 is 1.29 bits per heavy atom. The van der Waals surface area contributed by atoms with Crippen molar-refractivity contribution >= 4 is 12.6 Å². The van der Waals surface area contributed by atoms with E-state index in [1.165, 1.54) is 5.56 Å². The molecule has 1 aliphatic heterocycles. The molecule has 0 saturated carbocycles. The fourth-order valence-corrected chi connectivity index (χ4v) is 1.64. The van der Waals surface area contributed by atoms with Crippen LogP contribution in [0.1, 0.15) is 19.4 Å². The van der Waals surface area contributed by atoms with Crippen molar-refractivity contribution in [2.24, 2.45) is 0 Å². The molecule has 3 heteroatoms. The molecule has 1 aliphatic rings. The van der Waals surface area contributed by atoms with Gasteiger partial charge in [0.25, 0.3) is 0 Å². The largest absolute Gasteiger partial charge is 0.494 e. The highest BCUT2D eigenvalue weighted by molar-refractivity contribution is 6.62. The van der Waals surface area contributed by atoms with Gasteiger partial charge >= 0.3 is 7.12 Å². The van der Waals surface area contributed by atoms with Crippen LogP contribution in [0.15, 0.2) is 24.3 Å². The maximum absolute atomic E-state index is 5.79. The standard InChI is InChI=1S/C11H15BO2/c1-9-6-4-5-7-10(9)12-13-8-11(2,3)14-12/h4-7H,8H2,1-3H3. The van der Waals surface area contributed by atoms with Crippen molar-refractivity contribution in [1.82, 2.24) is 0 Å². The molecule has 1 saturated heterocycles. The molecule has 0 spiro atoms. The van der Waals surface area contributed by atoms with Crippen LogP contribution < -0.4 is 5.46 Å². The van der Waals surface area contributed by atoms with Crippen LogP contribution >= 0.6 is 0 Å². The minimum absolute atomic E-state index is 0.160. The third kappa shape index (κ3) is 1.84. The second-order valence-corrected chi connectivity index (χ2v) is 4.38. The van der Waals surface area contributed by atoms with Crippen LogP contribution in [0.25, 0.3) is 0 Å². The molecule has 0 bridgehead atoms. The van der Waals surface area contributed by atoms with Gasteiger partial charge in [-0.1, -0.05) is 29.8 Å². The summed E-state index contributed by atoms with van der Waals surface area (Å²) in [6, 6.07) is 8.17. The molecule has 1 fully saturated rings. The highest BCUT2D eigenvalue weighted by Crippen LogP contribution is 2.19. The Hall–Kier alpha value is -0.795. The van der Waals surface area contributed by atoms with Gasteiger partial charge in [-0.05, 0) is 26.2 Å². The average molecular weight is 190 g/mol. The first-order valence-corrected chi connectivity index (χ1v) is 4.93. The molecule has 0 N–H and O–H groups in total. The molecule has 0 aliphatic carbocycles. The summed E-state index contributed by atoms with van der Waals surface area (Å²) in [4.78, 5) is 0. The van der Waals surface area contributed by atoms with Crippen molar-refractivity contribution in [3.8, 4) is 0 Å². The zero-order chi connectivity index (χ0) is 10.2. The van der Waals surface area contributed by atoms with E-state index in [-0.39, 0.29) is 12.7 Å². The topological polar surface area (TPSA) is 18.5 Å². The van der Waals surface area contributed by atoms with Crippen molar-refractivity contribution in [1.29, 1.82) is 0 Å². The van der Waals surface area contributed by atoms with Crippen LogP contribution in [0.5, 0.6) is 0 Å². The molecule has 0 radical (unpaired) electrons. The zero-order valence-corrected chi connectivity index (χ0v) is 8.91. The van der Waals surface area contributed by atoms with Gasteiger partial charge in [-0.2, -0.15) is 0 Å². The first-order valence-electron chi connectivity index (χ1n) is 4.93. The SMILES string of the molecule is Cc1ccccc1B1OCC(C)(C)O1. The number of aryl methyl sites for hydroxylation is 1. The summed E-state index contributed by atoms with van der Waals surface area (Å²) < 4.78 is 11.4. The van der Waals surface area contributed by atoms with E-state index in [4.69, 9.17) is 9.31 Å². The van der Waals surface area contributed by atoms with Gasteiger partial charge < -0.3 is 9.31 Å². The number of benzene rings is 1. The van der Waals surface area contributed by atoms with Crippen molar-refractivity contribution in [2.45, 2.75) is 26.4 Å². The number of hydrogen-bond donors (Lipinski definition) is 0. The summed E-state index contributed by atoms with van der Waals surface area (Å²) in [5, 5.41) is 0. The molecule has 1 aromatic rings. The Bertz CT molecular complexity index is 336. The van der Waals surface area contributed by atoms with E-state index in [0.717, 1.165) is 5.46 Å². The molecule has 2 rings (SSSR count). The second kappa shape index (κ2) is 3.41. The maximum atomic E-state index is 5.79. The summed E-state index contributed by atoms with van der Waals surface area (Å²) in [6.07, 6.45) is 0. The quantitative estimate of drug-likeness (QED) is 0.625. The van der Waals surface area contributed by atoms with E-state index >= 15 is 0 Å². The van der Waals surface area contributed by atoms with Crippen molar-refractivity contribution in [3.63, 3.8) is 0 Å². The predicted molar refractivity (Wildman–Crippen MR) is 57.7 cm³/mol. The van der Waals surface area contributed by atoms with Gasteiger partial charge in [-0.3, -0.25) is 0 Å². The van der Waals surface area contributed by atoms with Gasteiger partial charge in [0.1, 0.15) is 0 Å². The minimum Gasteiger partial charge on any atom is -0.404 e. The summed E-state index contributed by atoms with van der Waals surface area (Å²) in [7, 11) is -0.189. The maximum Gasteiger partial charge on any atom is 0.494 e. The van der Waals surface area contributed by atoms with Crippen molar-refractivity contribution < 1.29 is 9.31 Å². The molecule has 74 valence electrons. The Labute approximate surface area is 85.4 Å². The molecule has 2 nitrogen and oxygen atoms in total. The van der Waals surface area contributed by atoms with Crippen LogP contribution in [0.2, 0.25) is 0 Å².